The molecule has 3 rings (SSSR count). The summed E-state index contributed by atoms with van der Waals surface area (Å²) in [4.78, 5) is 3.71. The normalized spacial score (nSPS) is 17.1. The molecule has 106 valence electrons. The van der Waals surface area contributed by atoms with E-state index in [1.165, 1.54) is 12.1 Å². The van der Waals surface area contributed by atoms with Gasteiger partial charge in [-0.25, -0.2) is 0 Å². The van der Waals surface area contributed by atoms with Crippen LogP contribution in [0.2, 0.25) is 0 Å². The van der Waals surface area contributed by atoms with Crippen LogP contribution in [-0.4, -0.2) is 33.0 Å². The first-order chi connectivity index (χ1) is 9.52. The van der Waals surface area contributed by atoms with Crippen LogP contribution in [0.4, 0.5) is 13.2 Å². The van der Waals surface area contributed by atoms with Crippen molar-refractivity contribution in [2.45, 2.75) is 18.8 Å². The largest absolute Gasteiger partial charge is 0.416 e. The van der Waals surface area contributed by atoms with Crippen molar-refractivity contribution < 1.29 is 13.2 Å². The van der Waals surface area contributed by atoms with Crippen LogP contribution in [0.1, 0.15) is 17.2 Å². The molecule has 0 aliphatic carbocycles. The highest BCUT2D eigenvalue weighted by atomic mass is 19.4. The molecule has 0 atom stereocenters. The standard InChI is InChI=1S/C13H13F3N4/c14-13(15,16)11-3-1-2-10(6-11)7-19-8-12(9-19)20-17-4-5-18-20/h1-6,12H,7-9H2. The van der Waals surface area contributed by atoms with Crippen molar-refractivity contribution in [3.63, 3.8) is 0 Å². The third-order valence-corrected chi connectivity index (χ3v) is 3.36. The Morgan fingerprint density at radius 3 is 2.50 bits per heavy atom. The fraction of sp³-hybridized carbons (Fsp3) is 0.385. The van der Waals surface area contributed by atoms with Crippen molar-refractivity contribution >= 4 is 0 Å². The molecule has 2 aromatic rings. The van der Waals surface area contributed by atoms with Crippen LogP contribution in [0.3, 0.4) is 0 Å². The van der Waals surface area contributed by atoms with Crippen LogP contribution < -0.4 is 0 Å². The van der Waals surface area contributed by atoms with E-state index < -0.39 is 11.7 Å². The summed E-state index contributed by atoms with van der Waals surface area (Å²) in [7, 11) is 0. The first-order valence-corrected chi connectivity index (χ1v) is 6.26. The van der Waals surface area contributed by atoms with Crippen molar-refractivity contribution in [3.8, 4) is 0 Å². The smallest absolute Gasteiger partial charge is 0.295 e. The lowest BCUT2D eigenvalue weighted by Gasteiger charge is -2.38. The maximum Gasteiger partial charge on any atom is 0.416 e. The zero-order chi connectivity index (χ0) is 14.2. The van der Waals surface area contributed by atoms with E-state index in [-0.39, 0.29) is 6.04 Å². The van der Waals surface area contributed by atoms with Gasteiger partial charge in [-0.3, -0.25) is 4.90 Å². The molecule has 1 aliphatic heterocycles. The van der Waals surface area contributed by atoms with E-state index >= 15 is 0 Å². The Morgan fingerprint density at radius 2 is 1.85 bits per heavy atom. The van der Waals surface area contributed by atoms with Crippen molar-refractivity contribution in [1.82, 2.24) is 19.9 Å². The Labute approximate surface area is 113 Å². The average molecular weight is 282 g/mol. The minimum atomic E-state index is -4.29. The van der Waals surface area contributed by atoms with Gasteiger partial charge in [0.1, 0.15) is 0 Å². The van der Waals surface area contributed by atoms with E-state index in [2.05, 4.69) is 15.1 Å². The molecule has 0 amide bonds. The molecule has 20 heavy (non-hydrogen) atoms. The second-order valence-electron chi connectivity index (χ2n) is 4.90. The number of aromatic nitrogens is 3. The molecule has 0 radical (unpaired) electrons. The summed E-state index contributed by atoms with van der Waals surface area (Å²) >= 11 is 0. The molecule has 0 saturated carbocycles. The Morgan fingerprint density at radius 1 is 1.15 bits per heavy atom. The highest BCUT2D eigenvalue weighted by Gasteiger charge is 2.32. The van der Waals surface area contributed by atoms with E-state index in [1.807, 2.05) is 0 Å². The lowest BCUT2D eigenvalue weighted by molar-refractivity contribution is -0.137. The van der Waals surface area contributed by atoms with Crippen molar-refractivity contribution in [2.24, 2.45) is 0 Å². The summed E-state index contributed by atoms with van der Waals surface area (Å²) in [5.41, 5.74) is 0.0764. The number of likely N-dealkylation sites (tertiary alicyclic amines) is 1. The Bertz CT molecular complexity index is 574. The van der Waals surface area contributed by atoms with E-state index in [1.54, 1.807) is 23.3 Å². The van der Waals surface area contributed by atoms with Gasteiger partial charge < -0.3 is 0 Å². The SMILES string of the molecule is FC(F)(F)c1cccc(CN2CC(n3nccn3)C2)c1. The summed E-state index contributed by atoms with van der Waals surface area (Å²) in [5, 5.41) is 8.11. The van der Waals surface area contributed by atoms with Gasteiger partial charge in [-0.05, 0) is 11.6 Å². The van der Waals surface area contributed by atoms with Gasteiger partial charge in [-0.1, -0.05) is 18.2 Å². The minimum Gasteiger partial charge on any atom is -0.295 e. The number of halogens is 3. The van der Waals surface area contributed by atoms with Gasteiger partial charge >= 0.3 is 6.18 Å². The lowest BCUT2D eigenvalue weighted by Crippen LogP contribution is -2.47. The van der Waals surface area contributed by atoms with Gasteiger partial charge in [-0.2, -0.15) is 28.2 Å². The molecule has 7 heteroatoms. The maximum absolute atomic E-state index is 12.6. The Balaban J connectivity index is 1.60. The molecule has 0 N–H and O–H groups in total. The zero-order valence-electron chi connectivity index (χ0n) is 10.6. The van der Waals surface area contributed by atoms with Crippen LogP contribution >= 0.6 is 0 Å². The van der Waals surface area contributed by atoms with Crippen LogP contribution in [0.5, 0.6) is 0 Å². The highest BCUT2D eigenvalue weighted by molar-refractivity contribution is 5.25. The first-order valence-electron chi connectivity index (χ1n) is 6.26. The van der Waals surface area contributed by atoms with E-state index in [9.17, 15) is 13.2 Å². The summed E-state index contributed by atoms with van der Waals surface area (Å²) in [6.07, 6.45) is -1.04. The lowest BCUT2D eigenvalue weighted by atomic mass is 10.1. The van der Waals surface area contributed by atoms with E-state index in [0.29, 0.717) is 12.1 Å². The monoisotopic (exact) mass is 282 g/mol. The molecular formula is C13H13F3N4. The summed E-state index contributed by atoms with van der Waals surface area (Å²) < 4.78 is 37.8. The maximum atomic E-state index is 12.6. The molecule has 2 heterocycles. The van der Waals surface area contributed by atoms with E-state index in [0.717, 1.165) is 19.2 Å². The molecule has 0 unspecified atom stereocenters. The van der Waals surface area contributed by atoms with Gasteiger partial charge in [0.05, 0.1) is 24.0 Å². The van der Waals surface area contributed by atoms with Crippen LogP contribution in [0.25, 0.3) is 0 Å². The van der Waals surface area contributed by atoms with Crippen molar-refractivity contribution in [3.05, 3.63) is 47.8 Å². The fourth-order valence-corrected chi connectivity index (χ4v) is 2.34. The predicted molar refractivity (Wildman–Crippen MR) is 65.8 cm³/mol. The molecule has 1 fully saturated rings. The number of rotatable bonds is 3. The number of benzene rings is 1. The number of hydrogen-bond donors (Lipinski definition) is 0. The van der Waals surface area contributed by atoms with Gasteiger partial charge in [-0.15, -0.1) is 0 Å². The van der Waals surface area contributed by atoms with Crippen molar-refractivity contribution in [2.75, 3.05) is 13.1 Å². The van der Waals surface area contributed by atoms with Gasteiger partial charge in [0.25, 0.3) is 0 Å². The van der Waals surface area contributed by atoms with Crippen LogP contribution in [0, 0.1) is 0 Å². The summed E-state index contributed by atoms with van der Waals surface area (Å²) in [6.45, 7) is 2.03. The molecule has 1 saturated heterocycles. The van der Waals surface area contributed by atoms with Crippen LogP contribution in [0.15, 0.2) is 36.7 Å². The van der Waals surface area contributed by atoms with E-state index in [4.69, 9.17) is 0 Å². The average Bonchev–Trinajstić information content (AvgIpc) is 2.86. The van der Waals surface area contributed by atoms with Gasteiger partial charge in [0.2, 0.25) is 0 Å². The minimum absolute atomic E-state index is 0.218. The fourth-order valence-electron chi connectivity index (χ4n) is 2.34. The first kappa shape index (κ1) is 13.1. The molecule has 0 spiro atoms. The predicted octanol–water partition coefficient (Wildman–Crippen LogP) is 2.35. The third kappa shape index (κ3) is 2.67. The second kappa shape index (κ2) is 4.90. The Hall–Kier alpha value is -1.89. The summed E-state index contributed by atoms with van der Waals surface area (Å²) in [6, 6.07) is 5.69. The number of alkyl halides is 3. The summed E-state index contributed by atoms with van der Waals surface area (Å²) in [5.74, 6) is 0. The molecule has 1 aliphatic rings. The molecule has 1 aromatic heterocycles. The topological polar surface area (TPSA) is 34.0 Å². The number of hydrogen-bond acceptors (Lipinski definition) is 3. The Kier molecular flexibility index (Phi) is 3.21. The molecular weight excluding hydrogens is 269 g/mol. The van der Waals surface area contributed by atoms with Gasteiger partial charge in [0.15, 0.2) is 0 Å². The quantitative estimate of drug-likeness (QED) is 0.866. The second-order valence-corrected chi connectivity index (χ2v) is 4.90. The molecule has 4 nitrogen and oxygen atoms in total. The van der Waals surface area contributed by atoms with Gasteiger partial charge in [0, 0.05) is 19.6 Å². The molecule has 1 aromatic carbocycles. The van der Waals surface area contributed by atoms with Crippen LogP contribution in [-0.2, 0) is 12.7 Å². The highest BCUT2D eigenvalue weighted by Crippen LogP contribution is 2.30. The van der Waals surface area contributed by atoms with Crippen molar-refractivity contribution in [1.29, 1.82) is 0 Å². The number of nitrogens with zero attached hydrogens (tertiary/aromatic N) is 4. The third-order valence-electron chi connectivity index (χ3n) is 3.36. The zero-order valence-corrected chi connectivity index (χ0v) is 10.6. The molecule has 0 bridgehead atoms.